The fourth-order valence-electron chi connectivity index (χ4n) is 2.34. The largest absolute Gasteiger partial charge is 0.422 e. The van der Waals surface area contributed by atoms with Gasteiger partial charge in [-0.1, -0.05) is 0 Å². The molecule has 1 heterocycles. The molecule has 0 amide bonds. The molecule has 0 radical (unpaired) electrons. The van der Waals surface area contributed by atoms with Crippen LogP contribution in [0.1, 0.15) is 13.8 Å². The second kappa shape index (κ2) is 6.65. The smallest absolute Gasteiger partial charge is 0.368 e. The third-order valence-electron chi connectivity index (χ3n) is 3.61. The Kier molecular flexibility index (Phi) is 5.06. The van der Waals surface area contributed by atoms with Gasteiger partial charge in [0.2, 0.25) is 0 Å². The van der Waals surface area contributed by atoms with Crippen LogP contribution in [0.25, 0.3) is 11.0 Å². The van der Waals surface area contributed by atoms with E-state index in [4.69, 9.17) is 13.5 Å². The number of hydrogen-bond donors (Lipinski definition) is 0. The molecule has 0 aliphatic rings. The Balaban J connectivity index is 2.60. The van der Waals surface area contributed by atoms with Crippen LogP contribution in [0.4, 0.5) is 5.69 Å². The van der Waals surface area contributed by atoms with E-state index in [2.05, 4.69) is 18.7 Å². The fourth-order valence-corrected chi connectivity index (χ4v) is 3.45. The van der Waals surface area contributed by atoms with E-state index in [0.717, 1.165) is 18.8 Å². The maximum Gasteiger partial charge on any atom is 0.368 e. The molecule has 0 saturated heterocycles. The topological polar surface area (TPSA) is 69.0 Å². The zero-order chi connectivity index (χ0) is 16.3. The summed E-state index contributed by atoms with van der Waals surface area (Å²) in [7, 11) is -1.17. The molecule has 6 nitrogen and oxygen atoms in total. The molecule has 0 N–H and O–H groups in total. The van der Waals surface area contributed by atoms with Crippen LogP contribution in [-0.2, 0) is 13.6 Å². The van der Waals surface area contributed by atoms with Crippen molar-refractivity contribution in [3.8, 4) is 0 Å². The van der Waals surface area contributed by atoms with Crippen molar-refractivity contribution in [1.82, 2.24) is 0 Å². The molecule has 0 bridgehead atoms. The van der Waals surface area contributed by atoms with Gasteiger partial charge in [0.15, 0.2) is 5.30 Å². The van der Waals surface area contributed by atoms with Gasteiger partial charge in [0.05, 0.1) is 0 Å². The quantitative estimate of drug-likeness (QED) is 0.601. The van der Waals surface area contributed by atoms with E-state index in [-0.39, 0.29) is 5.30 Å². The van der Waals surface area contributed by atoms with Crippen molar-refractivity contribution in [1.29, 1.82) is 0 Å². The number of hydrogen-bond acceptors (Lipinski definition) is 6. The molecule has 2 aromatic rings. The number of fused-ring (bicyclic) bond motifs is 1. The average Bonchev–Trinajstić information content (AvgIpc) is 2.54. The van der Waals surface area contributed by atoms with Gasteiger partial charge < -0.3 is 18.4 Å². The van der Waals surface area contributed by atoms with Gasteiger partial charge in [0.25, 0.3) is 0 Å². The first kappa shape index (κ1) is 16.7. The highest BCUT2D eigenvalue weighted by atomic mass is 31.2. The Labute approximate surface area is 129 Å². The van der Waals surface area contributed by atoms with Crippen molar-refractivity contribution in [3.63, 3.8) is 0 Å². The van der Waals surface area contributed by atoms with Crippen molar-refractivity contribution in [2.24, 2.45) is 0 Å². The lowest BCUT2D eigenvalue weighted by Gasteiger charge is -2.21. The summed E-state index contributed by atoms with van der Waals surface area (Å²) in [6.07, 6.45) is 0. The Bertz CT molecular complexity index is 758. The van der Waals surface area contributed by atoms with Crippen molar-refractivity contribution < 1.29 is 18.0 Å². The van der Waals surface area contributed by atoms with Gasteiger partial charge in [-0.05, 0) is 32.0 Å². The number of anilines is 1. The maximum absolute atomic E-state index is 12.4. The zero-order valence-corrected chi connectivity index (χ0v) is 14.1. The Morgan fingerprint density at radius 3 is 2.32 bits per heavy atom. The predicted molar refractivity (Wildman–Crippen MR) is 87.3 cm³/mol. The lowest BCUT2D eigenvalue weighted by Crippen LogP contribution is -2.25. The Hall–Kier alpha value is -1.62. The summed E-state index contributed by atoms with van der Waals surface area (Å²) in [5, 5.41) is 0.570. The molecule has 0 atom stereocenters. The van der Waals surface area contributed by atoms with Crippen LogP contribution in [0.2, 0.25) is 0 Å². The van der Waals surface area contributed by atoms with Crippen LogP contribution < -0.4 is 15.8 Å². The van der Waals surface area contributed by atoms with Crippen molar-refractivity contribution in [2.75, 3.05) is 32.2 Å². The van der Waals surface area contributed by atoms with Crippen LogP contribution in [0.5, 0.6) is 0 Å². The molecule has 22 heavy (non-hydrogen) atoms. The average molecular weight is 325 g/mol. The second-order valence-corrected chi connectivity index (χ2v) is 6.88. The van der Waals surface area contributed by atoms with Crippen molar-refractivity contribution in [2.45, 2.75) is 13.8 Å². The molecule has 0 spiro atoms. The van der Waals surface area contributed by atoms with Crippen LogP contribution in [0.3, 0.4) is 0 Å². The highest BCUT2D eigenvalue weighted by Crippen LogP contribution is 2.44. The normalized spacial score (nSPS) is 11.8. The summed E-state index contributed by atoms with van der Waals surface area (Å²) in [6.45, 7) is 5.82. The minimum absolute atomic E-state index is 0.0967. The summed E-state index contributed by atoms with van der Waals surface area (Å²) in [5.74, 6) is 0. The third-order valence-corrected chi connectivity index (χ3v) is 5.47. The summed E-state index contributed by atoms with van der Waals surface area (Å²) in [6, 6.07) is 7.06. The first-order valence-electron chi connectivity index (χ1n) is 7.04. The van der Waals surface area contributed by atoms with E-state index in [1.165, 1.54) is 20.3 Å². The highest BCUT2D eigenvalue weighted by molar-refractivity contribution is 7.62. The second-order valence-electron chi connectivity index (χ2n) is 4.68. The van der Waals surface area contributed by atoms with Crippen LogP contribution in [-0.4, -0.2) is 27.3 Å². The minimum Gasteiger partial charge on any atom is -0.422 e. The monoisotopic (exact) mass is 325 g/mol. The molecule has 0 fully saturated rings. The molecule has 0 aliphatic carbocycles. The summed E-state index contributed by atoms with van der Waals surface area (Å²) < 4.78 is 27.4. The SMILES string of the molecule is CCN(CC)c1ccc2cc(P(=O)(OC)OC)c(=O)oc2c1. The van der Waals surface area contributed by atoms with Gasteiger partial charge in [0.1, 0.15) is 5.58 Å². The van der Waals surface area contributed by atoms with E-state index in [0.29, 0.717) is 11.0 Å². The minimum atomic E-state index is -3.63. The van der Waals surface area contributed by atoms with E-state index in [9.17, 15) is 9.36 Å². The maximum atomic E-state index is 12.4. The molecular weight excluding hydrogens is 305 g/mol. The van der Waals surface area contributed by atoms with E-state index >= 15 is 0 Å². The van der Waals surface area contributed by atoms with Gasteiger partial charge in [-0.2, -0.15) is 0 Å². The molecule has 1 aromatic heterocycles. The summed E-state index contributed by atoms with van der Waals surface area (Å²) in [4.78, 5) is 14.2. The first-order chi connectivity index (χ1) is 10.5. The molecule has 7 heteroatoms. The summed E-state index contributed by atoms with van der Waals surface area (Å²) >= 11 is 0. The number of benzene rings is 1. The molecule has 2 rings (SSSR count). The molecule has 1 aromatic carbocycles. The number of nitrogens with zero attached hydrogens (tertiary/aromatic N) is 1. The van der Waals surface area contributed by atoms with E-state index in [1.54, 1.807) is 6.07 Å². The van der Waals surface area contributed by atoms with Crippen molar-refractivity contribution >= 4 is 29.6 Å². The van der Waals surface area contributed by atoms with Gasteiger partial charge in [-0.25, -0.2) is 4.79 Å². The van der Waals surface area contributed by atoms with Crippen molar-refractivity contribution in [3.05, 3.63) is 34.7 Å². The van der Waals surface area contributed by atoms with Crippen LogP contribution in [0, 0.1) is 0 Å². The lowest BCUT2D eigenvalue weighted by atomic mass is 10.2. The van der Waals surface area contributed by atoms with Crippen LogP contribution >= 0.6 is 7.60 Å². The molecule has 0 unspecified atom stereocenters. The molecule has 0 saturated carbocycles. The van der Waals surface area contributed by atoms with Gasteiger partial charge in [-0.3, -0.25) is 4.57 Å². The third kappa shape index (κ3) is 2.95. The van der Waals surface area contributed by atoms with Gasteiger partial charge >= 0.3 is 13.2 Å². The van der Waals surface area contributed by atoms with Gasteiger partial charge in [-0.15, -0.1) is 0 Å². The summed E-state index contributed by atoms with van der Waals surface area (Å²) in [5.41, 5.74) is 0.697. The molecular formula is C15H20NO5P. The molecule has 0 aliphatic heterocycles. The fraction of sp³-hybridized carbons (Fsp3) is 0.400. The standard InChI is InChI=1S/C15H20NO5P/c1-5-16(6-2)12-8-7-11-9-14(22(18,19-3)20-4)15(17)21-13(11)10-12/h7-10H,5-6H2,1-4H3. The van der Waals surface area contributed by atoms with Crippen LogP contribution in [0.15, 0.2) is 33.5 Å². The number of rotatable bonds is 6. The Morgan fingerprint density at radius 2 is 1.77 bits per heavy atom. The van der Waals surface area contributed by atoms with Gasteiger partial charge in [0, 0.05) is 44.4 Å². The predicted octanol–water partition coefficient (Wildman–Crippen LogP) is 2.75. The highest BCUT2D eigenvalue weighted by Gasteiger charge is 2.29. The Morgan fingerprint density at radius 1 is 1.14 bits per heavy atom. The molecule has 120 valence electrons. The van der Waals surface area contributed by atoms with E-state index in [1.807, 2.05) is 12.1 Å². The first-order valence-corrected chi connectivity index (χ1v) is 8.58. The van der Waals surface area contributed by atoms with E-state index < -0.39 is 13.2 Å². The lowest BCUT2D eigenvalue weighted by molar-refractivity contribution is 0.286. The zero-order valence-electron chi connectivity index (χ0n) is 13.2.